The Hall–Kier alpha value is -2.85. The number of rotatable bonds is 5. The van der Waals surface area contributed by atoms with E-state index in [-0.39, 0.29) is 21.1 Å². The normalized spacial score (nSPS) is 11.9. The van der Waals surface area contributed by atoms with E-state index in [1.54, 1.807) is 23.6 Å². The molecule has 0 saturated carbocycles. The van der Waals surface area contributed by atoms with E-state index in [1.807, 2.05) is 0 Å². The van der Waals surface area contributed by atoms with Crippen LogP contribution in [0.15, 0.2) is 70.9 Å². The van der Waals surface area contributed by atoms with Gasteiger partial charge in [0.15, 0.2) is 0 Å². The number of thiophene rings is 1. The highest BCUT2D eigenvalue weighted by atomic mass is 32.2. The van der Waals surface area contributed by atoms with E-state index in [0.29, 0.717) is 0 Å². The van der Waals surface area contributed by atoms with Crippen molar-refractivity contribution in [1.29, 1.82) is 0 Å². The molecule has 10 heteroatoms. The second-order valence-corrected chi connectivity index (χ2v) is 8.84. The van der Waals surface area contributed by atoms with Crippen LogP contribution in [0.4, 0.5) is 24.5 Å². The van der Waals surface area contributed by atoms with Crippen LogP contribution in [0, 0.1) is 0 Å². The van der Waals surface area contributed by atoms with Crippen LogP contribution >= 0.6 is 11.3 Å². The average molecular weight is 440 g/mol. The third kappa shape index (κ3) is 4.43. The number of alkyl halides is 3. The molecule has 3 aromatic rings. The number of sulfonamides is 1. The van der Waals surface area contributed by atoms with Crippen LogP contribution in [0.5, 0.6) is 0 Å². The van der Waals surface area contributed by atoms with Crippen molar-refractivity contribution < 1.29 is 26.4 Å². The maximum Gasteiger partial charge on any atom is 0.416 e. The maximum atomic E-state index is 12.8. The van der Waals surface area contributed by atoms with Gasteiger partial charge in [0, 0.05) is 12.7 Å². The standard InChI is InChI=1S/C19H15F3N2O3S2/c1-24(29(26,27)15-5-3-2-4-6-15)16-11-12-28-17(16)18(25)23-14-9-7-13(8-10-14)19(20,21)22/h2-12H,1H3,(H,23,25). The van der Waals surface area contributed by atoms with Crippen molar-refractivity contribution in [2.45, 2.75) is 11.1 Å². The predicted molar refractivity (Wildman–Crippen MR) is 106 cm³/mol. The Morgan fingerprint density at radius 3 is 2.21 bits per heavy atom. The fourth-order valence-electron chi connectivity index (χ4n) is 2.53. The molecule has 152 valence electrons. The molecule has 3 rings (SSSR count). The molecule has 0 fully saturated rings. The maximum absolute atomic E-state index is 12.8. The van der Waals surface area contributed by atoms with E-state index in [1.165, 1.54) is 25.2 Å². The van der Waals surface area contributed by atoms with Crippen molar-refractivity contribution in [1.82, 2.24) is 0 Å². The lowest BCUT2D eigenvalue weighted by Crippen LogP contribution is -2.28. The molecule has 0 bridgehead atoms. The van der Waals surface area contributed by atoms with Crippen LogP contribution in [0.3, 0.4) is 0 Å². The summed E-state index contributed by atoms with van der Waals surface area (Å²) in [5.74, 6) is -0.620. The summed E-state index contributed by atoms with van der Waals surface area (Å²) in [4.78, 5) is 12.8. The predicted octanol–water partition coefficient (Wildman–Crippen LogP) is 4.84. The first-order valence-electron chi connectivity index (χ1n) is 8.21. The molecule has 1 aromatic heterocycles. The van der Waals surface area contributed by atoms with Gasteiger partial charge in [0.05, 0.1) is 16.1 Å². The highest BCUT2D eigenvalue weighted by molar-refractivity contribution is 7.92. The molecule has 0 aliphatic heterocycles. The lowest BCUT2D eigenvalue weighted by molar-refractivity contribution is -0.137. The molecule has 5 nitrogen and oxygen atoms in total. The topological polar surface area (TPSA) is 66.5 Å². The van der Waals surface area contributed by atoms with Gasteiger partial charge in [-0.25, -0.2) is 8.42 Å². The summed E-state index contributed by atoms with van der Waals surface area (Å²) >= 11 is 1.03. The summed E-state index contributed by atoms with van der Waals surface area (Å²) < 4.78 is 64.5. The van der Waals surface area contributed by atoms with Gasteiger partial charge in [-0.05, 0) is 47.8 Å². The SMILES string of the molecule is CN(c1ccsc1C(=O)Nc1ccc(C(F)(F)F)cc1)S(=O)(=O)c1ccccc1. The van der Waals surface area contributed by atoms with Gasteiger partial charge in [-0.3, -0.25) is 9.10 Å². The van der Waals surface area contributed by atoms with Crippen molar-refractivity contribution in [2.75, 3.05) is 16.7 Å². The van der Waals surface area contributed by atoms with Gasteiger partial charge >= 0.3 is 6.18 Å². The lowest BCUT2D eigenvalue weighted by atomic mass is 10.2. The van der Waals surface area contributed by atoms with E-state index in [4.69, 9.17) is 0 Å². The van der Waals surface area contributed by atoms with Gasteiger partial charge in [0.25, 0.3) is 15.9 Å². The third-order valence-electron chi connectivity index (χ3n) is 4.06. The van der Waals surface area contributed by atoms with Crippen LogP contribution in [-0.4, -0.2) is 21.4 Å². The molecular weight excluding hydrogens is 425 g/mol. The molecular formula is C19H15F3N2O3S2. The number of nitrogens with zero attached hydrogens (tertiary/aromatic N) is 1. The Labute approximate surface area is 169 Å². The fourth-order valence-corrected chi connectivity index (χ4v) is 4.63. The molecule has 0 radical (unpaired) electrons. The quantitative estimate of drug-likeness (QED) is 0.617. The van der Waals surface area contributed by atoms with Crippen molar-refractivity contribution in [2.24, 2.45) is 0 Å². The highest BCUT2D eigenvalue weighted by Gasteiger charge is 2.30. The number of hydrogen-bond donors (Lipinski definition) is 1. The van der Waals surface area contributed by atoms with E-state index >= 15 is 0 Å². The van der Waals surface area contributed by atoms with Crippen LogP contribution in [0.25, 0.3) is 0 Å². The number of carbonyl (C=O) groups is 1. The lowest BCUT2D eigenvalue weighted by Gasteiger charge is -2.19. The summed E-state index contributed by atoms with van der Waals surface area (Å²) in [5, 5.41) is 4.06. The van der Waals surface area contributed by atoms with Crippen molar-refractivity contribution >= 4 is 38.6 Å². The number of hydrogen-bond acceptors (Lipinski definition) is 4. The summed E-state index contributed by atoms with van der Waals surface area (Å²) in [6.45, 7) is 0. The molecule has 0 spiro atoms. The number of nitrogens with one attached hydrogen (secondary N) is 1. The molecule has 0 unspecified atom stereocenters. The Bertz CT molecular complexity index is 1110. The Morgan fingerprint density at radius 2 is 1.62 bits per heavy atom. The van der Waals surface area contributed by atoms with Gasteiger partial charge in [0.1, 0.15) is 4.88 Å². The highest BCUT2D eigenvalue weighted by Crippen LogP contribution is 2.32. The second-order valence-electron chi connectivity index (χ2n) is 5.95. The molecule has 29 heavy (non-hydrogen) atoms. The van der Waals surface area contributed by atoms with Gasteiger partial charge in [0.2, 0.25) is 0 Å². The van der Waals surface area contributed by atoms with Crippen LogP contribution < -0.4 is 9.62 Å². The van der Waals surface area contributed by atoms with Crippen molar-refractivity contribution in [3.63, 3.8) is 0 Å². The number of benzene rings is 2. The van der Waals surface area contributed by atoms with Crippen molar-refractivity contribution in [3.8, 4) is 0 Å². The summed E-state index contributed by atoms with van der Waals surface area (Å²) in [6, 6.07) is 13.2. The number of halogens is 3. The fraction of sp³-hybridized carbons (Fsp3) is 0.105. The first kappa shape index (κ1) is 20.9. The molecule has 0 aliphatic carbocycles. The van der Waals surface area contributed by atoms with E-state index in [9.17, 15) is 26.4 Å². The second kappa shape index (κ2) is 7.88. The minimum absolute atomic E-state index is 0.0720. The van der Waals surface area contributed by atoms with Crippen LogP contribution in [-0.2, 0) is 16.2 Å². The largest absolute Gasteiger partial charge is 0.416 e. The smallest absolute Gasteiger partial charge is 0.321 e. The Kier molecular flexibility index (Phi) is 5.67. The molecule has 1 heterocycles. The number of amides is 1. The zero-order chi connectivity index (χ0) is 21.2. The van der Waals surface area contributed by atoms with Gasteiger partial charge in [-0.2, -0.15) is 13.2 Å². The molecule has 0 saturated heterocycles. The monoisotopic (exact) mass is 440 g/mol. The van der Waals surface area contributed by atoms with Crippen LogP contribution in [0.1, 0.15) is 15.2 Å². The molecule has 0 atom stereocenters. The zero-order valence-corrected chi connectivity index (χ0v) is 16.6. The molecule has 1 N–H and O–H groups in total. The van der Waals surface area contributed by atoms with Gasteiger partial charge in [-0.15, -0.1) is 11.3 Å². The Balaban J connectivity index is 1.83. The number of anilines is 2. The van der Waals surface area contributed by atoms with Gasteiger partial charge < -0.3 is 5.32 Å². The van der Waals surface area contributed by atoms with Gasteiger partial charge in [-0.1, -0.05) is 18.2 Å². The van der Waals surface area contributed by atoms with E-state index in [0.717, 1.165) is 39.9 Å². The van der Waals surface area contributed by atoms with E-state index in [2.05, 4.69) is 5.32 Å². The van der Waals surface area contributed by atoms with Crippen molar-refractivity contribution in [3.05, 3.63) is 76.5 Å². The minimum Gasteiger partial charge on any atom is -0.321 e. The average Bonchev–Trinajstić information content (AvgIpc) is 3.17. The summed E-state index contributed by atoms with van der Waals surface area (Å²) in [5.41, 5.74) is -0.500. The molecule has 2 aromatic carbocycles. The molecule has 1 amide bonds. The Morgan fingerprint density at radius 1 is 1.00 bits per heavy atom. The first-order chi connectivity index (χ1) is 13.6. The number of carbonyl (C=O) groups excluding carboxylic acids is 1. The molecule has 0 aliphatic rings. The van der Waals surface area contributed by atoms with Crippen LogP contribution in [0.2, 0.25) is 0 Å². The summed E-state index contributed by atoms with van der Waals surface area (Å²) in [6.07, 6.45) is -4.47. The zero-order valence-electron chi connectivity index (χ0n) is 15.0. The third-order valence-corrected chi connectivity index (χ3v) is 6.75. The minimum atomic E-state index is -4.47. The first-order valence-corrected chi connectivity index (χ1v) is 10.5. The van der Waals surface area contributed by atoms with E-state index < -0.39 is 27.7 Å². The summed E-state index contributed by atoms with van der Waals surface area (Å²) in [7, 11) is -2.55.